The van der Waals surface area contributed by atoms with Crippen LogP contribution in [0.3, 0.4) is 0 Å². The molecular weight excluding hydrogens is 300 g/mol. The van der Waals surface area contributed by atoms with Crippen LogP contribution in [0.2, 0.25) is 0 Å². The highest BCUT2D eigenvalue weighted by Crippen LogP contribution is 2.26. The van der Waals surface area contributed by atoms with Crippen LogP contribution in [0, 0.1) is 0 Å². The maximum Gasteiger partial charge on any atom is 0.250 e. The van der Waals surface area contributed by atoms with Crippen molar-refractivity contribution in [1.82, 2.24) is 9.13 Å². The number of hydrogen-bond acceptors (Lipinski definition) is 2. The van der Waals surface area contributed by atoms with E-state index in [2.05, 4.69) is 34.6 Å². The second-order valence-corrected chi connectivity index (χ2v) is 8.20. The van der Waals surface area contributed by atoms with E-state index < -0.39 is 0 Å². The molecule has 0 atom stereocenters. The maximum absolute atomic E-state index is 12.4. The van der Waals surface area contributed by atoms with E-state index in [1.807, 2.05) is 24.5 Å². The van der Waals surface area contributed by atoms with Gasteiger partial charge in [-0.05, 0) is 34.4 Å². The predicted octanol–water partition coefficient (Wildman–Crippen LogP) is 3.21. The van der Waals surface area contributed by atoms with Gasteiger partial charge in [-0.2, -0.15) is 0 Å². The third kappa shape index (κ3) is 4.05. The topological polar surface area (TPSA) is 44.0 Å². The Morgan fingerprint density at radius 1 is 0.917 bits per heavy atom. The van der Waals surface area contributed by atoms with Gasteiger partial charge in [0.1, 0.15) is 0 Å². The van der Waals surface area contributed by atoms with Gasteiger partial charge in [0.05, 0.1) is 0 Å². The second-order valence-electron chi connectivity index (χ2n) is 8.20. The normalized spacial score (nSPS) is 12.4. The van der Waals surface area contributed by atoms with E-state index in [0.717, 1.165) is 17.5 Å². The fraction of sp³-hybridized carbons (Fsp3) is 0.500. The average Bonchev–Trinajstić information content (AvgIpc) is 2.47. The standard InChI is InChI=1S/C20H28N2O2/c1-19(2,3)15-9-11-22(18(24)13-15)12-10-20(4,5)16-7-8-17(23)21(6)14-16/h7-9,11,13-14H,10,12H2,1-6H3. The zero-order valence-electron chi connectivity index (χ0n) is 15.6. The van der Waals surface area contributed by atoms with Gasteiger partial charge in [-0.3, -0.25) is 9.59 Å². The lowest BCUT2D eigenvalue weighted by molar-refractivity contribution is 0.429. The Balaban J connectivity index is 2.19. The molecule has 24 heavy (non-hydrogen) atoms. The van der Waals surface area contributed by atoms with Gasteiger partial charge in [0.2, 0.25) is 5.56 Å². The highest BCUT2D eigenvalue weighted by atomic mass is 16.1. The minimum absolute atomic E-state index is 0.0106. The van der Waals surface area contributed by atoms with Crippen molar-refractivity contribution in [3.05, 3.63) is 68.5 Å². The van der Waals surface area contributed by atoms with Crippen molar-refractivity contribution < 1.29 is 0 Å². The quantitative estimate of drug-likeness (QED) is 0.865. The van der Waals surface area contributed by atoms with E-state index in [0.29, 0.717) is 6.54 Å². The predicted molar refractivity (Wildman–Crippen MR) is 98.7 cm³/mol. The van der Waals surface area contributed by atoms with Crippen molar-refractivity contribution in [2.24, 2.45) is 7.05 Å². The molecule has 2 heterocycles. The van der Waals surface area contributed by atoms with Crippen molar-refractivity contribution in [2.45, 2.75) is 58.4 Å². The van der Waals surface area contributed by atoms with Crippen LogP contribution in [0.4, 0.5) is 0 Å². The van der Waals surface area contributed by atoms with Gasteiger partial charge in [0.25, 0.3) is 5.56 Å². The molecule has 0 unspecified atom stereocenters. The third-order valence-electron chi connectivity index (χ3n) is 4.71. The molecule has 0 saturated heterocycles. The van der Waals surface area contributed by atoms with Crippen molar-refractivity contribution in [3.63, 3.8) is 0 Å². The lowest BCUT2D eigenvalue weighted by Gasteiger charge is -2.26. The molecule has 0 aliphatic rings. The Kier molecular flexibility index (Phi) is 4.88. The van der Waals surface area contributed by atoms with Crippen LogP contribution >= 0.6 is 0 Å². The van der Waals surface area contributed by atoms with Crippen molar-refractivity contribution >= 4 is 0 Å². The zero-order valence-corrected chi connectivity index (χ0v) is 15.6. The van der Waals surface area contributed by atoms with Crippen molar-refractivity contribution in [1.29, 1.82) is 0 Å². The molecule has 0 radical (unpaired) electrons. The van der Waals surface area contributed by atoms with Gasteiger partial charge in [0.15, 0.2) is 0 Å². The Morgan fingerprint density at radius 2 is 1.58 bits per heavy atom. The van der Waals surface area contributed by atoms with Gasteiger partial charge in [-0.1, -0.05) is 40.7 Å². The summed E-state index contributed by atoms with van der Waals surface area (Å²) in [5, 5.41) is 0. The molecule has 4 heteroatoms. The van der Waals surface area contributed by atoms with Crippen LogP contribution in [0.5, 0.6) is 0 Å². The van der Waals surface area contributed by atoms with Gasteiger partial charge in [0, 0.05) is 38.1 Å². The number of hydrogen-bond donors (Lipinski definition) is 0. The van der Waals surface area contributed by atoms with Crippen LogP contribution in [0.15, 0.2) is 46.2 Å². The largest absolute Gasteiger partial charge is 0.318 e. The first kappa shape index (κ1) is 18.2. The molecule has 0 bridgehead atoms. The zero-order chi connectivity index (χ0) is 18.1. The molecule has 0 N–H and O–H groups in total. The monoisotopic (exact) mass is 328 g/mol. The number of aryl methyl sites for hydroxylation is 2. The summed E-state index contributed by atoms with van der Waals surface area (Å²) in [6, 6.07) is 7.25. The number of pyridine rings is 2. The Bertz CT molecular complexity index is 836. The van der Waals surface area contributed by atoms with Gasteiger partial charge >= 0.3 is 0 Å². The molecule has 130 valence electrons. The number of nitrogens with zero attached hydrogens (tertiary/aromatic N) is 2. The van der Waals surface area contributed by atoms with E-state index in [9.17, 15) is 9.59 Å². The molecule has 0 amide bonds. The molecule has 4 nitrogen and oxygen atoms in total. The minimum atomic E-state index is -0.117. The van der Waals surface area contributed by atoms with Crippen LogP contribution in [0.1, 0.15) is 52.2 Å². The van der Waals surface area contributed by atoms with Crippen LogP contribution < -0.4 is 11.1 Å². The van der Waals surface area contributed by atoms with Crippen LogP contribution in [-0.4, -0.2) is 9.13 Å². The summed E-state index contributed by atoms with van der Waals surface area (Å²) in [6.45, 7) is 11.3. The first-order valence-electron chi connectivity index (χ1n) is 8.39. The summed E-state index contributed by atoms with van der Waals surface area (Å²) >= 11 is 0. The summed E-state index contributed by atoms with van der Waals surface area (Å²) in [4.78, 5) is 23.9. The SMILES string of the molecule is Cn1cc(C(C)(C)CCn2ccc(C(C)(C)C)cc2=O)ccc1=O. The Hall–Kier alpha value is -2.10. The molecule has 0 fully saturated rings. The van der Waals surface area contributed by atoms with E-state index in [1.165, 1.54) is 0 Å². The molecule has 0 saturated carbocycles. The first-order chi connectivity index (χ1) is 11.0. The molecule has 2 rings (SSSR count). The Morgan fingerprint density at radius 3 is 2.12 bits per heavy atom. The molecule has 0 spiro atoms. The van der Waals surface area contributed by atoms with E-state index in [-0.39, 0.29) is 21.9 Å². The van der Waals surface area contributed by atoms with E-state index >= 15 is 0 Å². The average molecular weight is 328 g/mol. The summed E-state index contributed by atoms with van der Waals surface area (Å²) in [7, 11) is 1.76. The molecular formula is C20H28N2O2. The van der Waals surface area contributed by atoms with Crippen molar-refractivity contribution in [3.8, 4) is 0 Å². The molecule has 0 aliphatic heterocycles. The number of rotatable bonds is 4. The van der Waals surface area contributed by atoms with Gasteiger partial charge in [-0.25, -0.2) is 0 Å². The molecule has 2 aromatic heterocycles. The molecule has 2 aromatic rings. The Labute approximate surface area is 143 Å². The first-order valence-corrected chi connectivity index (χ1v) is 8.39. The van der Waals surface area contributed by atoms with Crippen LogP contribution in [0.25, 0.3) is 0 Å². The lowest BCUT2D eigenvalue weighted by Crippen LogP contribution is -2.28. The minimum Gasteiger partial charge on any atom is -0.318 e. The molecule has 0 aliphatic carbocycles. The highest BCUT2D eigenvalue weighted by molar-refractivity contribution is 5.21. The third-order valence-corrected chi connectivity index (χ3v) is 4.71. The summed E-state index contributed by atoms with van der Waals surface area (Å²) in [5.41, 5.74) is 2.05. The summed E-state index contributed by atoms with van der Waals surface area (Å²) in [6.07, 6.45) is 4.59. The van der Waals surface area contributed by atoms with E-state index in [1.54, 1.807) is 28.3 Å². The van der Waals surface area contributed by atoms with Gasteiger partial charge in [-0.15, -0.1) is 0 Å². The van der Waals surface area contributed by atoms with Crippen LogP contribution in [-0.2, 0) is 24.4 Å². The van der Waals surface area contributed by atoms with Crippen molar-refractivity contribution in [2.75, 3.05) is 0 Å². The smallest absolute Gasteiger partial charge is 0.250 e. The lowest BCUT2D eigenvalue weighted by atomic mass is 9.82. The fourth-order valence-electron chi connectivity index (χ4n) is 2.70. The second kappa shape index (κ2) is 6.42. The maximum atomic E-state index is 12.4. The van der Waals surface area contributed by atoms with E-state index in [4.69, 9.17) is 0 Å². The molecule has 0 aromatic carbocycles. The summed E-state index contributed by atoms with van der Waals surface area (Å²) < 4.78 is 3.36. The summed E-state index contributed by atoms with van der Waals surface area (Å²) in [5.74, 6) is 0. The number of aromatic nitrogens is 2. The van der Waals surface area contributed by atoms with Gasteiger partial charge < -0.3 is 9.13 Å². The highest BCUT2D eigenvalue weighted by Gasteiger charge is 2.21. The fourth-order valence-corrected chi connectivity index (χ4v) is 2.70.